The van der Waals surface area contributed by atoms with Gasteiger partial charge in [-0.2, -0.15) is 0 Å². The minimum Gasteiger partial charge on any atom is -0.315 e. The number of benzene rings is 5. The van der Waals surface area contributed by atoms with Gasteiger partial charge in [-0.05, 0) is 68.5 Å². The summed E-state index contributed by atoms with van der Waals surface area (Å²) in [4.78, 5) is 2.56. The molecule has 5 nitrogen and oxygen atoms in total. The average Bonchev–Trinajstić information content (AvgIpc) is 2.97. The molecule has 2 bridgehead atoms. The molecule has 4 N–H and O–H groups in total. The van der Waals surface area contributed by atoms with Gasteiger partial charge in [0, 0.05) is 58.9 Å². The lowest BCUT2D eigenvalue weighted by atomic mass is 9.92. The van der Waals surface area contributed by atoms with E-state index in [4.69, 9.17) is 0 Å². The topological polar surface area (TPSA) is 51.4 Å². The molecule has 202 valence electrons. The summed E-state index contributed by atoms with van der Waals surface area (Å²) in [7, 11) is 0. The fourth-order valence-corrected chi connectivity index (χ4v) is 6.00. The molecule has 0 spiro atoms. The third-order valence-corrected chi connectivity index (χ3v) is 8.11. The van der Waals surface area contributed by atoms with Crippen molar-refractivity contribution in [2.75, 3.05) is 52.4 Å². The molecule has 1 aliphatic heterocycles. The lowest BCUT2D eigenvalue weighted by molar-refractivity contribution is 0.271. The fourth-order valence-electron chi connectivity index (χ4n) is 6.00. The Morgan fingerprint density at radius 3 is 2.05 bits per heavy atom. The minimum absolute atomic E-state index is 0.908. The van der Waals surface area contributed by atoms with Crippen molar-refractivity contribution in [1.82, 2.24) is 26.2 Å². The highest BCUT2D eigenvalue weighted by Crippen LogP contribution is 2.35. The standard InChI is InChI=1S/C34H41N5/c1-4-26-22-27(5-1)24-38-18-21-39(20-17-37-23-26)19-16-35-14-3-15-36-25-31-11-10-30-9-8-28-6-2-7-29-12-13-32(31)34(30)33(28)29/h1-2,4-13,22,35-38H,3,14-21,23-25H2. The van der Waals surface area contributed by atoms with Gasteiger partial charge in [-0.3, -0.25) is 4.90 Å². The van der Waals surface area contributed by atoms with Gasteiger partial charge in [-0.1, -0.05) is 78.9 Å². The first kappa shape index (κ1) is 26.2. The van der Waals surface area contributed by atoms with E-state index in [-0.39, 0.29) is 0 Å². The molecule has 5 aromatic rings. The van der Waals surface area contributed by atoms with Crippen LogP contribution in [0.2, 0.25) is 0 Å². The van der Waals surface area contributed by atoms with Crippen molar-refractivity contribution in [2.45, 2.75) is 26.1 Å². The minimum atomic E-state index is 0.908. The lowest BCUT2D eigenvalue weighted by Crippen LogP contribution is -2.41. The van der Waals surface area contributed by atoms with Gasteiger partial charge in [0.05, 0.1) is 0 Å². The summed E-state index contributed by atoms with van der Waals surface area (Å²) in [5.41, 5.74) is 4.13. The smallest absolute Gasteiger partial charge is 0.0211 e. The summed E-state index contributed by atoms with van der Waals surface area (Å²) in [5, 5.41) is 22.8. The van der Waals surface area contributed by atoms with Crippen LogP contribution in [-0.2, 0) is 19.6 Å². The number of rotatable bonds is 9. The van der Waals surface area contributed by atoms with E-state index in [1.165, 1.54) is 49.0 Å². The van der Waals surface area contributed by atoms with Crippen LogP contribution in [0.25, 0.3) is 32.3 Å². The molecule has 0 amide bonds. The molecule has 5 heteroatoms. The Balaban J connectivity index is 0.924. The van der Waals surface area contributed by atoms with Gasteiger partial charge in [0.15, 0.2) is 0 Å². The Morgan fingerprint density at radius 1 is 0.641 bits per heavy atom. The molecule has 0 aliphatic carbocycles. The normalized spacial score (nSPS) is 15.6. The molecular formula is C34H41N5. The van der Waals surface area contributed by atoms with E-state index in [1.807, 2.05) is 0 Å². The molecular weight excluding hydrogens is 478 g/mol. The van der Waals surface area contributed by atoms with Crippen LogP contribution in [0.1, 0.15) is 23.1 Å². The maximum absolute atomic E-state index is 3.69. The van der Waals surface area contributed by atoms with Crippen LogP contribution in [0, 0.1) is 0 Å². The zero-order chi connectivity index (χ0) is 26.3. The maximum Gasteiger partial charge on any atom is 0.0211 e. The molecule has 0 saturated heterocycles. The zero-order valence-corrected chi connectivity index (χ0v) is 22.9. The van der Waals surface area contributed by atoms with E-state index in [1.54, 1.807) is 0 Å². The van der Waals surface area contributed by atoms with Gasteiger partial charge in [0.1, 0.15) is 0 Å². The van der Waals surface area contributed by atoms with Gasteiger partial charge in [-0.15, -0.1) is 0 Å². The third kappa shape index (κ3) is 6.40. The highest BCUT2D eigenvalue weighted by atomic mass is 15.2. The van der Waals surface area contributed by atoms with Gasteiger partial charge >= 0.3 is 0 Å². The van der Waals surface area contributed by atoms with Crippen LogP contribution in [-0.4, -0.2) is 57.3 Å². The number of nitrogens with zero attached hydrogens (tertiary/aromatic N) is 1. The Kier molecular flexibility index (Phi) is 8.63. The summed E-state index contributed by atoms with van der Waals surface area (Å²) in [6, 6.07) is 29.2. The summed E-state index contributed by atoms with van der Waals surface area (Å²) in [6.45, 7) is 11.2. The van der Waals surface area contributed by atoms with Crippen LogP contribution < -0.4 is 21.3 Å². The zero-order valence-electron chi connectivity index (χ0n) is 22.9. The predicted molar refractivity (Wildman–Crippen MR) is 166 cm³/mol. The Labute approximate surface area is 232 Å². The first-order valence-electron chi connectivity index (χ1n) is 14.6. The van der Waals surface area contributed by atoms with Gasteiger partial charge in [0.25, 0.3) is 0 Å². The number of fused-ring (bicyclic) bond motifs is 2. The molecule has 39 heavy (non-hydrogen) atoms. The van der Waals surface area contributed by atoms with Crippen LogP contribution in [0.5, 0.6) is 0 Å². The van der Waals surface area contributed by atoms with E-state index in [2.05, 4.69) is 105 Å². The fraction of sp³-hybridized carbons (Fsp3) is 0.353. The van der Waals surface area contributed by atoms with Crippen molar-refractivity contribution in [3.05, 3.63) is 95.6 Å². The van der Waals surface area contributed by atoms with Gasteiger partial charge in [-0.25, -0.2) is 0 Å². The third-order valence-electron chi connectivity index (χ3n) is 8.11. The van der Waals surface area contributed by atoms with Crippen molar-refractivity contribution in [3.63, 3.8) is 0 Å². The van der Waals surface area contributed by atoms with Crippen LogP contribution in [0.4, 0.5) is 0 Å². The Bertz CT molecular complexity index is 1450. The van der Waals surface area contributed by atoms with Crippen molar-refractivity contribution in [2.24, 2.45) is 0 Å². The largest absolute Gasteiger partial charge is 0.315 e. The molecule has 5 aromatic carbocycles. The average molecular weight is 520 g/mol. The Morgan fingerprint density at radius 2 is 1.28 bits per heavy atom. The monoisotopic (exact) mass is 519 g/mol. The SMILES string of the molecule is c1cc2cc(c1)CNCCN(CCNCCCNCc1ccc3ccc4cccc5ccc1c3c45)CCNC2. The molecule has 0 aromatic heterocycles. The molecule has 0 saturated carbocycles. The van der Waals surface area contributed by atoms with E-state index in [0.717, 1.165) is 78.4 Å². The van der Waals surface area contributed by atoms with Crippen molar-refractivity contribution in [3.8, 4) is 0 Å². The van der Waals surface area contributed by atoms with Crippen molar-refractivity contribution < 1.29 is 0 Å². The van der Waals surface area contributed by atoms with E-state index in [0.29, 0.717) is 0 Å². The van der Waals surface area contributed by atoms with E-state index in [9.17, 15) is 0 Å². The van der Waals surface area contributed by atoms with E-state index >= 15 is 0 Å². The summed E-state index contributed by atoms with van der Waals surface area (Å²) in [6.07, 6.45) is 1.13. The molecule has 0 fully saturated rings. The number of hydrogen-bond acceptors (Lipinski definition) is 5. The molecule has 0 radical (unpaired) electrons. The van der Waals surface area contributed by atoms with E-state index < -0.39 is 0 Å². The van der Waals surface area contributed by atoms with Gasteiger partial charge in [0.2, 0.25) is 0 Å². The molecule has 1 aliphatic rings. The molecule has 0 atom stereocenters. The van der Waals surface area contributed by atoms with Crippen LogP contribution in [0.3, 0.4) is 0 Å². The highest BCUT2D eigenvalue weighted by molar-refractivity contribution is 6.23. The first-order chi connectivity index (χ1) is 19.3. The van der Waals surface area contributed by atoms with Crippen LogP contribution in [0.15, 0.2) is 78.9 Å². The molecule has 6 rings (SSSR count). The Hall–Kier alpha value is -3.06. The predicted octanol–water partition coefficient (Wildman–Crippen LogP) is 4.85. The second-order valence-corrected chi connectivity index (χ2v) is 10.9. The van der Waals surface area contributed by atoms with Crippen LogP contribution >= 0.6 is 0 Å². The summed E-state index contributed by atoms with van der Waals surface area (Å²) < 4.78 is 0. The summed E-state index contributed by atoms with van der Waals surface area (Å²) >= 11 is 0. The number of hydrogen-bond donors (Lipinski definition) is 4. The van der Waals surface area contributed by atoms with Crippen molar-refractivity contribution in [1.29, 1.82) is 0 Å². The van der Waals surface area contributed by atoms with Crippen molar-refractivity contribution >= 4 is 32.3 Å². The number of nitrogens with one attached hydrogen (secondary N) is 4. The summed E-state index contributed by atoms with van der Waals surface area (Å²) in [5.74, 6) is 0. The second kappa shape index (κ2) is 12.9. The highest BCUT2D eigenvalue weighted by Gasteiger charge is 2.10. The second-order valence-electron chi connectivity index (χ2n) is 10.9. The molecule has 0 unspecified atom stereocenters. The van der Waals surface area contributed by atoms with Gasteiger partial charge < -0.3 is 21.3 Å². The first-order valence-corrected chi connectivity index (χ1v) is 14.6. The lowest BCUT2D eigenvalue weighted by Gasteiger charge is -2.24. The molecule has 1 heterocycles. The quantitative estimate of drug-likeness (QED) is 0.166. The maximum atomic E-state index is 3.69.